The Balaban J connectivity index is -0.0000000834. The number of aryl methyl sites for hydroxylation is 1. The summed E-state index contributed by atoms with van der Waals surface area (Å²) in [5.74, 6) is 0. The zero-order valence-electron chi connectivity index (χ0n) is 15.6. The summed E-state index contributed by atoms with van der Waals surface area (Å²) in [5.41, 5.74) is 1.82. The lowest BCUT2D eigenvalue weighted by Crippen LogP contribution is -1.93. The molecule has 0 aliphatic rings. The molecule has 0 heteroatoms. The van der Waals surface area contributed by atoms with E-state index in [-0.39, 0.29) is 0 Å². The minimum atomic E-state index is 0.500. The van der Waals surface area contributed by atoms with Crippen molar-refractivity contribution < 1.29 is 0 Å². The number of rotatable bonds is 0. The van der Waals surface area contributed by atoms with Crippen LogP contribution in [0.4, 0.5) is 0 Å². The van der Waals surface area contributed by atoms with Crippen LogP contribution in [-0.4, -0.2) is 0 Å². The van der Waals surface area contributed by atoms with E-state index >= 15 is 0 Å². The van der Waals surface area contributed by atoms with Gasteiger partial charge in [-0.3, -0.25) is 0 Å². The second kappa shape index (κ2) is 22.4. The highest BCUT2D eigenvalue weighted by atomic mass is 14.0. The zero-order valence-corrected chi connectivity index (χ0v) is 15.6. The molecule has 0 N–H and O–H groups in total. The molecule has 0 amide bonds. The molecule has 0 saturated heterocycles. The van der Waals surface area contributed by atoms with Crippen molar-refractivity contribution in [2.75, 3.05) is 0 Å². The van der Waals surface area contributed by atoms with Crippen LogP contribution in [0.2, 0.25) is 0 Å². The molecular formula is C19H40. The second-order valence-corrected chi connectivity index (χ2v) is 5.36. The van der Waals surface area contributed by atoms with E-state index in [1.54, 1.807) is 0 Å². The summed E-state index contributed by atoms with van der Waals surface area (Å²) >= 11 is 0. The molecule has 0 aliphatic carbocycles. The molecule has 0 radical (unpaired) electrons. The van der Waals surface area contributed by atoms with Crippen LogP contribution >= 0.6 is 0 Å². The Morgan fingerprint density at radius 1 is 0.737 bits per heavy atom. The van der Waals surface area contributed by atoms with Crippen LogP contribution in [-0.2, 0) is 0 Å². The van der Waals surface area contributed by atoms with E-state index in [4.69, 9.17) is 0 Å². The zero-order chi connectivity index (χ0) is 16.3. The normalized spacial score (nSPS) is 7.95. The molecule has 1 aromatic rings. The van der Waals surface area contributed by atoms with Crippen molar-refractivity contribution in [1.29, 1.82) is 0 Å². The van der Waals surface area contributed by atoms with E-state index in [1.807, 2.05) is 45.9 Å². The van der Waals surface area contributed by atoms with Crippen LogP contribution in [0.5, 0.6) is 0 Å². The molecule has 1 aromatic carbocycles. The van der Waals surface area contributed by atoms with E-state index in [1.165, 1.54) is 12.0 Å². The van der Waals surface area contributed by atoms with Gasteiger partial charge in [0.15, 0.2) is 0 Å². The Morgan fingerprint density at radius 2 is 0.947 bits per heavy atom. The standard InChI is InChI=1S/C7H8.C5H12.C3H8.2C2H6/c1-7-5-3-2-4-6-7;1-5(2,3)4;1-3-2;2*1-2/h2-6H,1H3;1-4H3;3H2,1-2H3;2*1-2H3. The SMILES string of the molecule is CC.CC.CC(C)(C)C.CCC.Cc1ccccc1. The minimum Gasteiger partial charge on any atom is -0.0683 e. The van der Waals surface area contributed by atoms with E-state index in [0.717, 1.165) is 0 Å². The molecule has 0 nitrogen and oxygen atoms in total. The van der Waals surface area contributed by atoms with Crippen LogP contribution in [0.25, 0.3) is 0 Å². The Hall–Kier alpha value is -0.780. The first-order valence-corrected chi connectivity index (χ1v) is 7.82. The molecule has 0 aliphatic heterocycles. The highest BCUT2D eigenvalue weighted by Gasteiger charge is 1.95. The third kappa shape index (κ3) is 76.5. The molecule has 0 aromatic heterocycles. The summed E-state index contributed by atoms with van der Waals surface area (Å²) in [6.07, 6.45) is 1.25. The minimum absolute atomic E-state index is 0.500. The molecule has 0 unspecified atom stereocenters. The molecule has 116 valence electrons. The van der Waals surface area contributed by atoms with Crippen LogP contribution in [0.3, 0.4) is 0 Å². The van der Waals surface area contributed by atoms with Crippen molar-refractivity contribution in [2.24, 2.45) is 5.41 Å². The lowest BCUT2D eigenvalue weighted by atomic mass is 10.0. The van der Waals surface area contributed by atoms with Gasteiger partial charge in [-0.05, 0) is 12.3 Å². The molecular weight excluding hydrogens is 228 g/mol. The van der Waals surface area contributed by atoms with Crippen LogP contribution < -0.4 is 0 Å². The highest BCUT2D eigenvalue weighted by molar-refractivity contribution is 5.11. The van der Waals surface area contributed by atoms with E-state index in [2.05, 4.69) is 60.6 Å². The maximum atomic E-state index is 2.19. The van der Waals surface area contributed by atoms with Crippen LogP contribution in [0, 0.1) is 12.3 Å². The number of benzene rings is 1. The van der Waals surface area contributed by atoms with Gasteiger partial charge in [0.05, 0.1) is 0 Å². The predicted molar refractivity (Wildman–Crippen MR) is 95.0 cm³/mol. The molecule has 0 saturated carbocycles. The van der Waals surface area contributed by atoms with Gasteiger partial charge in [0.25, 0.3) is 0 Å². The monoisotopic (exact) mass is 268 g/mol. The van der Waals surface area contributed by atoms with Crippen molar-refractivity contribution >= 4 is 0 Å². The Labute approximate surface area is 124 Å². The van der Waals surface area contributed by atoms with Crippen molar-refractivity contribution in [1.82, 2.24) is 0 Å². The summed E-state index contributed by atoms with van der Waals surface area (Å²) in [6.45, 7) is 23.1. The van der Waals surface area contributed by atoms with E-state index in [0.29, 0.717) is 5.41 Å². The number of hydrogen-bond donors (Lipinski definition) is 0. The van der Waals surface area contributed by atoms with Gasteiger partial charge in [0.1, 0.15) is 0 Å². The van der Waals surface area contributed by atoms with Crippen molar-refractivity contribution in [2.45, 2.75) is 82.6 Å². The van der Waals surface area contributed by atoms with Gasteiger partial charge in [0.2, 0.25) is 0 Å². The summed E-state index contributed by atoms with van der Waals surface area (Å²) in [7, 11) is 0. The largest absolute Gasteiger partial charge is 0.0683 e. The fourth-order valence-corrected chi connectivity index (χ4v) is 0.534. The predicted octanol–water partition coefficient (Wildman–Crippen LogP) is 7.52. The fraction of sp³-hybridized carbons (Fsp3) is 0.684. The molecule has 0 bridgehead atoms. The van der Waals surface area contributed by atoms with Gasteiger partial charge in [-0.2, -0.15) is 0 Å². The van der Waals surface area contributed by atoms with Crippen molar-refractivity contribution in [3.05, 3.63) is 35.9 Å². The second-order valence-electron chi connectivity index (χ2n) is 5.36. The Morgan fingerprint density at radius 3 is 1.05 bits per heavy atom. The van der Waals surface area contributed by atoms with Gasteiger partial charge < -0.3 is 0 Å². The molecule has 1 rings (SSSR count). The lowest BCUT2D eigenvalue weighted by Gasteiger charge is -2.05. The fourth-order valence-electron chi connectivity index (χ4n) is 0.534. The third-order valence-corrected chi connectivity index (χ3v) is 0.940. The van der Waals surface area contributed by atoms with Crippen LogP contribution in [0.15, 0.2) is 30.3 Å². The topological polar surface area (TPSA) is 0 Å². The Kier molecular flexibility index (Phi) is 31.5. The first kappa shape index (κ1) is 26.7. The lowest BCUT2D eigenvalue weighted by molar-refractivity contribution is 0.469. The van der Waals surface area contributed by atoms with Crippen molar-refractivity contribution in [3.63, 3.8) is 0 Å². The molecule has 0 spiro atoms. The van der Waals surface area contributed by atoms with E-state index in [9.17, 15) is 0 Å². The maximum Gasteiger partial charge on any atom is -0.0398 e. The summed E-state index contributed by atoms with van der Waals surface area (Å²) < 4.78 is 0. The molecule has 19 heavy (non-hydrogen) atoms. The quantitative estimate of drug-likeness (QED) is 0.456. The molecule has 0 atom stereocenters. The summed E-state index contributed by atoms with van der Waals surface area (Å²) in [6, 6.07) is 10.3. The first-order valence-electron chi connectivity index (χ1n) is 7.82. The smallest absolute Gasteiger partial charge is 0.0398 e. The van der Waals surface area contributed by atoms with Gasteiger partial charge >= 0.3 is 0 Å². The number of hydrogen-bond acceptors (Lipinski definition) is 0. The average Bonchev–Trinajstić information content (AvgIpc) is 2.34. The molecule has 0 fully saturated rings. The van der Waals surface area contributed by atoms with Crippen molar-refractivity contribution in [3.8, 4) is 0 Å². The average molecular weight is 269 g/mol. The highest BCUT2D eigenvalue weighted by Crippen LogP contribution is 2.08. The third-order valence-electron chi connectivity index (χ3n) is 0.940. The van der Waals surface area contributed by atoms with Crippen LogP contribution in [0.1, 0.15) is 81.2 Å². The van der Waals surface area contributed by atoms with Gasteiger partial charge in [-0.25, -0.2) is 0 Å². The maximum absolute atomic E-state index is 2.19. The molecule has 0 heterocycles. The summed E-state index contributed by atoms with van der Waals surface area (Å²) in [5, 5.41) is 0. The summed E-state index contributed by atoms with van der Waals surface area (Å²) in [4.78, 5) is 0. The van der Waals surface area contributed by atoms with Gasteiger partial charge in [0, 0.05) is 0 Å². The van der Waals surface area contributed by atoms with Gasteiger partial charge in [-0.15, -0.1) is 0 Å². The Bertz CT molecular complexity index is 197. The first-order chi connectivity index (χ1) is 8.81. The van der Waals surface area contributed by atoms with Gasteiger partial charge in [-0.1, -0.05) is 112 Å². The van der Waals surface area contributed by atoms with E-state index < -0.39 is 0 Å².